The second-order valence-electron chi connectivity index (χ2n) is 5.29. The zero-order valence-corrected chi connectivity index (χ0v) is 13.8. The molecule has 8 nitrogen and oxygen atoms in total. The van der Waals surface area contributed by atoms with Crippen molar-refractivity contribution in [1.29, 1.82) is 0 Å². The Bertz CT molecular complexity index is 769. The van der Waals surface area contributed by atoms with Crippen LogP contribution in [0, 0.1) is 6.92 Å². The topological polar surface area (TPSA) is 91.2 Å². The van der Waals surface area contributed by atoms with E-state index in [0.717, 1.165) is 5.56 Å². The molecule has 24 heavy (non-hydrogen) atoms. The lowest BCUT2D eigenvalue weighted by Gasteiger charge is -2.28. The first-order valence-electron chi connectivity index (χ1n) is 7.64. The Hall–Kier alpha value is -2.74. The predicted octanol–water partition coefficient (Wildman–Crippen LogP) is 1.46. The molecule has 3 rings (SSSR count). The van der Waals surface area contributed by atoms with Crippen LogP contribution in [0.15, 0.2) is 35.8 Å². The van der Waals surface area contributed by atoms with Gasteiger partial charge in [-0.1, -0.05) is 6.07 Å². The molecule has 2 aromatic rings. The fraction of sp³-hybridized carbons (Fsp3) is 0.375. The van der Waals surface area contributed by atoms with Crippen molar-refractivity contribution in [1.82, 2.24) is 19.7 Å². The van der Waals surface area contributed by atoms with Gasteiger partial charge in [0.25, 0.3) is 0 Å². The first kappa shape index (κ1) is 16.1. The van der Waals surface area contributed by atoms with Gasteiger partial charge in [0.1, 0.15) is 11.9 Å². The monoisotopic (exact) mass is 329 g/mol. The summed E-state index contributed by atoms with van der Waals surface area (Å²) < 4.78 is 12.2. The number of hydrogen-bond acceptors (Lipinski definition) is 7. The third kappa shape index (κ3) is 2.88. The summed E-state index contributed by atoms with van der Waals surface area (Å²) in [7, 11) is 1.57. The molecule has 0 saturated heterocycles. The van der Waals surface area contributed by atoms with Crippen molar-refractivity contribution >= 4 is 11.9 Å². The fourth-order valence-electron chi connectivity index (χ4n) is 2.73. The third-order valence-corrected chi connectivity index (χ3v) is 3.63. The van der Waals surface area contributed by atoms with Crippen molar-refractivity contribution in [3.8, 4) is 0 Å². The summed E-state index contributed by atoms with van der Waals surface area (Å²) in [6.07, 6.45) is 3.39. The molecule has 0 spiro atoms. The minimum atomic E-state index is -0.472. The van der Waals surface area contributed by atoms with E-state index in [1.165, 1.54) is 0 Å². The Morgan fingerprint density at radius 1 is 1.46 bits per heavy atom. The number of esters is 1. The maximum Gasteiger partial charge on any atom is 0.338 e. The van der Waals surface area contributed by atoms with Gasteiger partial charge >= 0.3 is 5.97 Å². The van der Waals surface area contributed by atoms with Crippen LogP contribution in [0.3, 0.4) is 0 Å². The molecular weight excluding hydrogens is 310 g/mol. The molecule has 0 bridgehead atoms. The van der Waals surface area contributed by atoms with E-state index in [2.05, 4.69) is 20.4 Å². The highest BCUT2D eigenvalue weighted by molar-refractivity contribution is 5.92. The molecule has 0 amide bonds. The first-order chi connectivity index (χ1) is 11.7. The molecule has 1 unspecified atom stereocenters. The first-order valence-corrected chi connectivity index (χ1v) is 7.64. The number of ether oxygens (including phenoxy) is 2. The van der Waals surface area contributed by atoms with E-state index >= 15 is 0 Å². The van der Waals surface area contributed by atoms with Crippen molar-refractivity contribution in [3.63, 3.8) is 0 Å². The fourth-order valence-corrected chi connectivity index (χ4v) is 2.73. The number of aromatic nitrogens is 4. The molecule has 1 atom stereocenters. The Balaban J connectivity index is 2.18. The van der Waals surface area contributed by atoms with E-state index in [-0.39, 0.29) is 13.2 Å². The number of nitrogens with one attached hydrogen (secondary N) is 1. The van der Waals surface area contributed by atoms with Gasteiger partial charge in [0.2, 0.25) is 5.95 Å². The number of carbonyl (C=O) groups is 1. The molecule has 1 aliphatic rings. The number of carbonyl (C=O) groups excluding carboxylic acids is 1. The Morgan fingerprint density at radius 3 is 2.96 bits per heavy atom. The SMILES string of the molecule is CCOC(=O)C1=C(COC)Nc2nc(C)nn2C1c1cccnc1. The standard InChI is InChI=1S/C16H19N5O3/c1-4-24-15(22)13-12(9-23-3)19-16-18-10(2)20-21(16)14(13)11-6-5-7-17-8-11/h5-8,14H,4,9H2,1-3H3,(H,18,19,20). The summed E-state index contributed by atoms with van der Waals surface area (Å²) in [4.78, 5) is 21.2. The normalized spacial score (nSPS) is 16.5. The third-order valence-electron chi connectivity index (χ3n) is 3.63. The van der Waals surface area contributed by atoms with Crippen LogP contribution in [0.2, 0.25) is 0 Å². The minimum absolute atomic E-state index is 0.233. The molecule has 3 heterocycles. The van der Waals surface area contributed by atoms with Crippen molar-refractivity contribution in [2.45, 2.75) is 19.9 Å². The molecule has 1 N–H and O–H groups in total. The van der Waals surface area contributed by atoms with E-state index in [9.17, 15) is 4.79 Å². The second kappa shape index (κ2) is 6.79. The number of hydrogen-bond donors (Lipinski definition) is 1. The number of pyridine rings is 1. The lowest BCUT2D eigenvalue weighted by atomic mass is 9.97. The van der Waals surface area contributed by atoms with Crippen LogP contribution in [0.25, 0.3) is 0 Å². The van der Waals surface area contributed by atoms with Crippen molar-refractivity contribution in [2.75, 3.05) is 25.6 Å². The van der Waals surface area contributed by atoms with Crippen molar-refractivity contribution in [3.05, 3.63) is 47.2 Å². The zero-order valence-electron chi connectivity index (χ0n) is 13.8. The van der Waals surface area contributed by atoms with Crippen LogP contribution >= 0.6 is 0 Å². The van der Waals surface area contributed by atoms with Gasteiger partial charge < -0.3 is 14.8 Å². The minimum Gasteiger partial charge on any atom is -0.463 e. The van der Waals surface area contributed by atoms with Gasteiger partial charge in [-0.2, -0.15) is 10.1 Å². The van der Waals surface area contributed by atoms with Crippen LogP contribution in [0.1, 0.15) is 24.4 Å². The maximum absolute atomic E-state index is 12.6. The molecule has 126 valence electrons. The van der Waals surface area contributed by atoms with Crippen molar-refractivity contribution in [2.24, 2.45) is 0 Å². The molecule has 0 aliphatic carbocycles. The molecule has 2 aromatic heterocycles. The molecule has 0 fully saturated rings. The Morgan fingerprint density at radius 2 is 2.29 bits per heavy atom. The van der Waals surface area contributed by atoms with Gasteiger partial charge in [0, 0.05) is 19.5 Å². The number of nitrogens with zero attached hydrogens (tertiary/aromatic N) is 4. The highest BCUT2D eigenvalue weighted by Gasteiger charge is 2.36. The number of fused-ring (bicyclic) bond motifs is 1. The Kier molecular flexibility index (Phi) is 4.57. The lowest BCUT2D eigenvalue weighted by Crippen LogP contribution is -2.31. The lowest BCUT2D eigenvalue weighted by molar-refractivity contribution is -0.139. The van der Waals surface area contributed by atoms with E-state index in [1.54, 1.807) is 38.0 Å². The number of rotatable bonds is 5. The summed E-state index contributed by atoms with van der Waals surface area (Å²) in [5, 5.41) is 7.56. The van der Waals surface area contributed by atoms with Gasteiger partial charge in [0.15, 0.2) is 0 Å². The van der Waals surface area contributed by atoms with Gasteiger partial charge in [-0.15, -0.1) is 0 Å². The van der Waals surface area contributed by atoms with E-state index in [1.807, 2.05) is 12.1 Å². The molecule has 0 aromatic carbocycles. The van der Waals surface area contributed by atoms with Crippen LogP contribution in [0.4, 0.5) is 5.95 Å². The smallest absolute Gasteiger partial charge is 0.338 e. The number of aryl methyl sites for hydroxylation is 1. The van der Waals surface area contributed by atoms with E-state index in [0.29, 0.717) is 23.0 Å². The van der Waals surface area contributed by atoms with Crippen LogP contribution < -0.4 is 5.32 Å². The number of methoxy groups -OCH3 is 1. The largest absolute Gasteiger partial charge is 0.463 e. The predicted molar refractivity (Wildman–Crippen MR) is 86.3 cm³/mol. The van der Waals surface area contributed by atoms with Gasteiger partial charge in [-0.05, 0) is 25.5 Å². The summed E-state index contributed by atoms with van der Waals surface area (Å²) in [6, 6.07) is 3.24. The summed E-state index contributed by atoms with van der Waals surface area (Å²) in [5.74, 6) is 0.749. The maximum atomic E-state index is 12.6. The Labute approximate surface area is 139 Å². The molecule has 0 radical (unpaired) electrons. The second-order valence-corrected chi connectivity index (χ2v) is 5.29. The number of anilines is 1. The highest BCUT2D eigenvalue weighted by Crippen LogP contribution is 2.35. The molecule has 0 saturated carbocycles. The highest BCUT2D eigenvalue weighted by atomic mass is 16.5. The summed E-state index contributed by atoms with van der Waals surface area (Å²) >= 11 is 0. The quantitative estimate of drug-likeness (QED) is 0.830. The average molecular weight is 329 g/mol. The van der Waals surface area contributed by atoms with Gasteiger partial charge in [-0.25, -0.2) is 9.48 Å². The molecule has 8 heteroatoms. The van der Waals surface area contributed by atoms with Crippen LogP contribution in [-0.2, 0) is 14.3 Å². The molecular formula is C16H19N5O3. The van der Waals surface area contributed by atoms with Gasteiger partial charge in [-0.3, -0.25) is 4.98 Å². The van der Waals surface area contributed by atoms with Crippen LogP contribution in [-0.4, -0.2) is 46.0 Å². The summed E-state index contributed by atoms with van der Waals surface area (Å²) in [5.41, 5.74) is 1.88. The van der Waals surface area contributed by atoms with Crippen molar-refractivity contribution < 1.29 is 14.3 Å². The zero-order chi connectivity index (χ0) is 17.1. The molecule has 1 aliphatic heterocycles. The van der Waals surface area contributed by atoms with Gasteiger partial charge in [0.05, 0.1) is 24.5 Å². The van der Waals surface area contributed by atoms with Crippen LogP contribution in [0.5, 0.6) is 0 Å². The van der Waals surface area contributed by atoms with E-state index in [4.69, 9.17) is 9.47 Å². The van der Waals surface area contributed by atoms with E-state index < -0.39 is 12.0 Å². The summed E-state index contributed by atoms with van der Waals surface area (Å²) in [6.45, 7) is 4.09. The average Bonchev–Trinajstić information content (AvgIpc) is 2.94.